The van der Waals surface area contributed by atoms with Crippen LogP contribution in [0.4, 0.5) is 5.69 Å². The fourth-order valence-electron chi connectivity index (χ4n) is 1.76. The molecule has 2 aromatic rings. The molecule has 0 saturated heterocycles. The van der Waals surface area contributed by atoms with Crippen molar-refractivity contribution in [3.05, 3.63) is 35.5 Å². The number of hydrogen-bond donors (Lipinski definition) is 2. The first-order valence-electron chi connectivity index (χ1n) is 6.30. The molecule has 19 heavy (non-hydrogen) atoms. The standard InChI is InChI=1S/C14H17N3OS/c1-2-3-6-17-11-9-12(19-13(11)14(15)18)10-4-7-16-8-5-10/h4-5,7-9,17H,2-3,6H2,1H3,(H2,15,18). The molecule has 0 saturated carbocycles. The average molecular weight is 275 g/mol. The second-order valence-electron chi connectivity index (χ2n) is 4.23. The maximum absolute atomic E-state index is 11.5. The summed E-state index contributed by atoms with van der Waals surface area (Å²) in [5.74, 6) is -0.385. The summed E-state index contributed by atoms with van der Waals surface area (Å²) in [6, 6.07) is 5.83. The summed E-state index contributed by atoms with van der Waals surface area (Å²) in [5.41, 5.74) is 7.31. The quantitative estimate of drug-likeness (QED) is 0.796. The highest BCUT2D eigenvalue weighted by Crippen LogP contribution is 2.34. The Balaban J connectivity index is 2.27. The van der Waals surface area contributed by atoms with Crippen LogP contribution in [0.15, 0.2) is 30.6 Å². The average Bonchev–Trinajstić information content (AvgIpc) is 2.84. The van der Waals surface area contributed by atoms with Gasteiger partial charge in [0.2, 0.25) is 0 Å². The van der Waals surface area contributed by atoms with E-state index < -0.39 is 0 Å². The molecule has 0 aromatic carbocycles. The van der Waals surface area contributed by atoms with Crippen molar-refractivity contribution < 1.29 is 4.79 Å². The zero-order chi connectivity index (χ0) is 13.7. The Morgan fingerprint density at radius 1 is 1.42 bits per heavy atom. The van der Waals surface area contributed by atoms with E-state index in [4.69, 9.17) is 5.73 Å². The van der Waals surface area contributed by atoms with Gasteiger partial charge in [-0.25, -0.2) is 0 Å². The van der Waals surface area contributed by atoms with Crippen molar-refractivity contribution in [2.75, 3.05) is 11.9 Å². The molecule has 0 unspecified atom stereocenters. The van der Waals surface area contributed by atoms with Crippen molar-refractivity contribution in [1.82, 2.24) is 4.98 Å². The summed E-state index contributed by atoms with van der Waals surface area (Å²) in [7, 11) is 0. The Hall–Kier alpha value is -1.88. The smallest absolute Gasteiger partial charge is 0.260 e. The molecule has 0 atom stereocenters. The third kappa shape index (κ3) is 3.32. The topological polar surface area (TPSA) is 68.0 Å². The fraction of sp³-hybridized carbons (Fsp3) is 0.286. The lowest BCUT2D eigenvalue weighted by Gasteiger charge is -2.03. The molecule has 0 fully saturated rings. The van der Waals surface area contributed by atoms with E-state index in [9.17, 15) is 4.79 Å². The Kier molecular flexibility index (Phi) is 4.52. The van der Waals surface area contributed by atoms with E-state index in [2.05, 4.69) is 17.2 Å². The van der Waals surface area contributed by atoms with Gasteiger partial charge in [0, 0.05) is 23.8 Å². The van der Waals surface area contributed by atoms with Crippen LogP contribution >= 0.6 is 11.3 Å². The van der Waals surface area contributed by atoms with Crippen LogP contribution in [0.3, 0.4) is 0 Å². The van der Waals surface area contributed by atoms with Crippen LogP contribution in [0, 0.1) is 0 Å². The zero-order valence-electron chi connectivity index (χ0n) is 10.8. The van der Waals surface area contributed by atoms with Crippen LogP contribution in [0.1, 0.15) is 29.4 Å². The molecule has 100 valence electrons. The number of pyridine rings is 1. The summed E-state index contributed by atoms with van der Waals surface area (Å²) < 4.78 is 0. The summed E-state index contributed by atoms with van der Waals surface area (Å²) in [5, 5.41) is 3.28. The van der Waals surface area contributed by atoms with Crippen LogP contribution in [0.25, 0.3) is 10.4 Å². The van der Waals surface area contributed by atoms with Gasteiger partial charge < -0.3 is 11.1 Å². The predicted molar refractivity (Wildman–Crippen MR) is 79.5 cm³/mol. The highest BCUT2D eigenvalue weighted by Gasteiger charge is 2.14. The van der Waals surface area contributed by atoms with Crippen molar-refractivity contribution in [1.29, 1.82) is 0 Å². The maximum atomic E-state index is 11.5. The number of amides is 1. The van der Waals surface area contributed by atoms with Crippen molar-refractivity contribution in [3.63, 3.8) is 0 Å². The van der Waals surface area contributed by atoms with Crippen LogP contribution in [-0.2, 0) is 0 Å². The number of unbranched alkanes of at least 4 members (excludes halogenated alkanes) is 1. The van der Waals surface area contributed by atoms with Gasteiger partial charge in [-0.2, -0.15) is 0 Å². The predicted octanol–water partition coefficient (Wildman–Crippen LogP) is 3.12. The first kappa shape index (κ1) is 13.5. The van der Waals surface area contributed by atoms with E-state index in [1.165, 1.54) is 11.3 Å². The number of aromatic nitrogens is 1. The van der Waals surface area contributed by atoms with E-state index in [0.29, 0.717) is 4.88 Å². The molecule has 0 spiro atoms. The molecular weight excluding hydrogens is 258 g/mol. The van der Waals surface area contributed by atoms with Gasteiger partial charge in [-0.3, -0.25) is 9.78 Å². The first-order valence-corrected chi connectivity index (χ1v) is 7.12. The van der Waals surface area contributed by atoms with Crippen LogP contribution in [0.5, 0.6) is 0 Å². The molecule has 0 radical (unpaired) electrons. The third-order valence-electron chi connectivity index (χ3n) is 2.77. The lowest BCUT2D eigenvalue weighted by molar-refractivity contribution is 0.100. The molecular formula is C14H17N3OS. The number of hydrogen-bond acceptors (Lipinski definition) is 4. The molecule has 2 heterocycles. The van der Waals surface area contributed by atoms with E-state index in [0.717, 1.165) is 35.5 Å². The first-order chi connectivity index (χ1) is 9.22. The summed E-state index contributed by atoms with van der Waals surface area (Å²) in [4.78, 5) is 17.1. The monoisotopic (exact) mass is 275 g/mol. The van der Waals surface area contributed by atoms with E-state index in [-0.39, 0.29) is 5.91 Å². The molecule has 3 N–H and O–H groups in total. The normalized spacial score (nSPS) is 10.4. The summed E-state index contributed by atoms with van der Waals surface area (Å²) in [6.07, 6.45) is 5.66. The number of nitrogens with one attached hydrogen (secondary N) is 1. The summed E-state index contributed by atoms with van der Waals surface area (Å²) >= 11 is 1.41. The maximum Gasteiger partial charge on any atom is 0.260 e. The number of thiophene rings is 1. The van der Waals surface area contributed by atoms with Gasteiger partial charge in [0.1, 0.15) is 4.88 Å². The zero-order valence-corrected chi connectivity index (χ0v) is 11.7. The van der Waals surface area contributed by atoms with Crippen molar-refractivity contribution >= 4 is 22.9 Å². The van der Waals surface area contributed by atoms with Gasteiger partial charge in [-0.05, 0) is 30.2 Å². The van der Waals surface area contributed by atoms with Crippen LogP contribution in [0.2, 0.25) is 0 Å². The number of nitrogens with two attached hydrogens (primary N) is 1. The molecule has 2 rings (SSSR count). The Morgan fingerprint density at radius 2 is 2.16 bits per heavy atom. The Morgan fingerprint density at radius 3 is 2.79 bits per heavy atom. The number of carbonyl (C=O) groups is 1. The summed E-state index contributed by atoms with van der Waals surface area (Å²) in [6.45, 7) is 2.98. The van der Waals surface area contributed by atoms with Gasteiger partial charge in [0.15, 0.2) is 0 Å². The van der Waals surface area contributed by atoms with Gasteiger partial charge >= 0.3 is 0 Å². The van der Waals surface area contributed by atoms with E-state index >= 15 is 0 Å². The minimum absolute atomic E-state index is 0.385. The minimum atomic E-state index is -0.385. The lowest BCUT2D eigenvalue weighted by Crippen LogP contribution is -2.12. The van der Waals surface area contributed by atoms with E-state index in [1.54, 1.807) is 12.4 Å². The SMILES string of the molecule is CCCCNc1cc(-c2ccncc2)sc1C(N)=O. The van der Waals surface area contributed by atoms with Gasteiger partial charge in [-0.15, -0.1) is 11.3 Å². The van der Waals surface area contributed by atoms with E-state index in [1.807, 2.05) is 18.2 Å². The fourth-order valence-corrected chi connectivity index (χ4v) is 2.76. The number of carbonyl (C=O) groups excluding carboxylic acids is 1. The van der Waals surface area contributed by atoms with Crippen LogP contribution < -0.4 is 11.1 Å². The molecule has 4 nitrogen and oxygen atoms in total. The lowest BCUT2D eigenvalue weighted by atomic mass is 10.2. The molecule has 0 aliphatic rings. The highest BCUT2D eigenvalue weighted by molar-refractivity contribution is 7.18. The molecule has 0 bridgehead atoms. The molecule has 2 aromatic heterocycles. The number of nitrogens with zero attached hydrogens (tertiary/aromatic N) is 1. The highest BCUT2D eigenvalue weighted by atomic mass is 32.1. The molecule has 5 heteroatoms. The van der Waals surface area contributed by atoms with Gasteiger partial charge in [0.25, 0.3) is 5.91 Å². The second kappa shape index (κ2) is 6.33. The molecule has 1 amide bonds. The number of primary amides is 1. The Bertz CT molecular complexity index is 551. The molecule has 0 aliphatic carbocycles. The third-order valence-corrected chi connectivity index (χ3v) is 3.97. The largest absolute Gasteiger partial charge is 0.384 e. The van der Waals surface area contributed by atoms with Crippen LogP contribution in [-0.4, -0.2) is 17.4 Å². The number of rotatable bonds is 6. The van der Waals surface area contributed by atoms with Crippen molar-refractivity contribution in [2.24, 2.45) is 5.73 Å². The van der Waals surface area contributed by atoms with Gasteiger partial charge in [-0.1, -0.05) is 13.3 Å². The number of anilines is 1. The Labute approximate surface area is 116 Å². The van der Waals surface area contributed by atoms with Crippen molar-refractivity contribution in [3.8, 4) is 10.4 Å². The minimum Gasteiger partial charge on any atom is -0.384 e. The van der Waals surface area contributed by atoms with Crippen molar-refractivity contribution in [2.45, 2.75) is 19.8 Å². The molecule has 0 aliphatic heterocycles. The van der Waals surface area contributed by atoms with Gasteiger partial charge in [0.05, 0.1) is 5.69 Å². The second-order valence-corrected chi connectivity index (χ2v) is 5.29.